The first-order valence-electron chi connectivity index (χ1n) is 7.98. The number of hydrogen-bond donors (Lipinski definition) is 0. The molecule has 2 saturated carbocycles. The Morgan fingerprint density at radius 2 is 1.16 bits per heavy atom. The van der Waals surface area contributed by atoms with E-state index in [9.17, 15) is 4.79 Å². The zero-order valence-corrected chi connectivity index (χ0v) is 11.7. The van der Waals surface area contributed by atoms with E-state index in [4.69, 9.17) is 4.42 Å². The molecule has 0 amide bonds. The Labute approximate surface area is 115 Å². The molecule has 2 aliphatic rings. The standard InChI is InChI=1S/C17H24O2/c18-15-11-16(13-7-3-1-4-8-13)19-17(12-15)14-9-5-2-6-10-14/h11-14H,1-10H2. The van der Waals surface area contributed by atoms with Crippen molar-refractivity contribution in [2.75, 3.05) is 0 Å². The quantitative estimate of drug-likeness (QED) is 0.769. The molecule has 0 saturated heterocycles. The first-order valence-corrected chi connectivity index (χ1v) is 7.98. The Morgan fingerprint density at radius 3 is 1.58 bits per heavy atom. The topological polar surface area (TPSA) is 30.2 Å². The Kier molecular flexibility index (Phi) is 4.05. The van der Waals surface area contributed by atoms with Gasteiger partial charge in [0.1, 0.15) is 11.5 Å². The van der Waals surface area contributed by atoms with Crippen LogP contribution in [0.5, 0.6) is 0 Å². The molecule has 1 aromatic rings. The minimum Gasteiger partial charge on any atom is -0.465 e. The van der Waals surface area contributed by atoms with Gasteiger partial charge in [-0.1, -0.05) is 38.5 Å². The summed E-state index contributed by atoms with van der Waals surface area (Å²) < 4.78 is 6.14. The van der Waals surface area contributed by atoms with Crippen molar-refractivity contribution in [1.82, 2.24) is 0 Å². The fourth-order valence-electron chi connectivity index (χ4n) is 3.69. The van der Waals surface area contributed by atoms with Gasteiger partial charge in [0, 0.05) is 24.0 Å². The molecule has 0 bridgehead atoms. The Hall–Kier alpha value is -1.05. The van der Waals surface area contributed by atoms with Crippen LogP contribution in [0.4, 0.5) is 0 Å². The highest BCUT2D eigenvalue weighted by atomic mass is 16.3. The highest BCUT2D eigenvalue weighted by Gasteiger charge is 2.22. The first-order chi connectivity index (χ1) is 9.33. The third kappa shape index (κ3) is 3.10. The van der Waals surface area contributed by atoms with Crippen molar-refractivity contribution in [2.45, 2.75) is 76.0 Å². The van der Waals surface area contributed by atoms with Crippen molar-refractivity contribution < 1.29 is 4.42 Å². The molecule has 2 nitrogen and oxygen atoms in total. The van der Waals surface area contributed by atoms with E-state index in [0.717, 1.165) is 11.5 Å². The minimum absolute atomic E-state index is 0.146. The van der Waals surface area contributed by atoms with Gasteiger partial charge in [-0.15, -0.1) is 0 Å². The zero-order chi connectivity index (χ0) is 13.1. The molecule has 19 heavy (non-hydrogen) atoms. The van der Waals surface area contributed by atoms with Gasteiger partial charge in [-0.3, -0.25) is 4.79 Å². The molecular formula is C17H24O2. The molecule has 0 unspecified atom stereocenters. The van der Waals surface area contributed by atoms with Gasteiger partial charge in [0.25, 0.3) is 0 Å². The molecular weight excluding hydrogens is 236 g/mol. The monoisotopic (exact) mass is 260 g/mol. The fourth-order valence-corrected chi connectivity index (χ4v) is 3.69. The van der Waals surface area contributed by atoms with Crippen molar-refractivity contribution in [1.29, 1.82) is 0 Å². The van der Waals surface area contributed by atoms with Gasteiger partial charge in [0.15, 0.2) is 5.43 Å². The Morgan fingerprint density at radius 1 is 0.737 bits per heavy atom. The largest absolute Gasteiger partial charge is 0.465 e. The van der Waals surface area contributed by atoms with E-state index in [-0.39, 0.29) is 5.43 Å². The van der Waals surface area contributed by atoms with Crippen LogP contribution >= 0.6 is 0 Å². The van der Waals surface area contributed by atoms with Gasteiger partial charge >= 0.3 is 0 Å². The summed E-state index contributed by atoms with van der Waals surface area (Å²) in [6.07, 6.45) is 12.6. The van der Waals surface area contributed by atoms with Crippen molar-refractivity contribution in [3.8, 4) is 0 Å². The van der Waals surface area contributed by atoms with Crippen LogP contribution in [-0.4, -0.2) is 0 Å². The van der Waals surface area contributed by atoms with E-state index in [2.05, 4.69) is 0 Å². The fraction of sp³-hybridized carbons (Fsp3) is 0.706. The molecule has 0 spiro atoms. The van der Waals surface area contributed by atoms with Gasteiger partial charge in [0.05, 0.1) is 0 Å². The Bertz CT molecular complexity index is 423. The summed E-state index contributed by atoms with van der Waals surface area (Å²) in [5.74, 6) is 2.91. The van der Waals surface area contributed by atoms with Crippen LogP contribution in [0.1, 0.15) is 87.6 Å². The number of rotatable bonds is 2. The summed E-state index contributed by atoms with van der Waals surface area (Å²) in [7, 11) is 0. The molecule has 104 valence electrons. The van der Waals surface area contributed by atoms with E-state index in [1.165, 1.54) is 64.2 Å². The predicted octanol–water partition coefficient (Wildman–Crippen LogP) is 4.74. The molecule has 0 atom stereocenters. The molecule has 1 aromatic heterocycles. The van der Waals surface area contributed by atoms with E-state index in [1.807, 2.05) is 0 Å². The second-order valence-corrected chi connectivity index (χ2v) is 6.27. The van der Waals surface area contributed by atoms with Gasteiger partial charge < -0.3 is 4.42 Å². The first kappa shape index (κ1) is 13.0. The van der Waals surface area contributed by atoms with E-state index in [0.29, 0.717) is 11.8 Å². The molecule has 2 heteroatoms. The van der Waals surface area contributed by atoms with Gasteiger partial charge in [-0.05, 0) is 25.7 Å². The van der Waals surface area contributed by atoms with Crippen LogP contribution in [0.25, 0.3) is 0 Å². The summed E-state index contributed by atoms with van der Waals surface area (Å²) in [6, 6.07) is 3.48. The highest BCUT2D eigenvalue weighted by molar-refractivity contribution is 5.14. The van der Waals surface area contributed by atoms with E-state index in [1.54, 1.807) is 12.1 Å². The third-order valence-corrected chi connectivity index (χ3v) is 4.82. The van der Waals surface area contributed by atoms with Crippen LogP contribution in [-0.2, 0) is 0 Å². The lowest BCUT2D eigenvalue weighted by atomic mass is 9.86. The maximum absolute atomic E-state index is 11.9. The average Bonchev–Trinajstić information content (AvgIpc) is 2.48. The molecule has 0 radical (unpaired) electrons. The zero-order valence-electron chi connectivity index (χ0n) is 11.7. The van der Waals surface area contributed by atoms with Gasteiger partial charge in [-0.25, -0.2) is 0 Å². The lowest BCUT2D eigenvalue weighted by Crippen LogP contribution is -2.12. The minimum atomic E-state index is 0.146. The molecule has 0 N–H and O–H groups in total. The second kappa shape index (κ2) is 5.94. The summed E-state index contributed by atoms with van der Waals surface area (Å²) in [5.41, 5.74) is 0.146. The maximum Gasteiger partial charge on any atom is 0.185 e. The summed E-state index contributed by atoms with van der Waals surface area (Å²) in [4.78, 5) is 11.9. The van der Waals surface area contributed by atoms with Crippen LogP contribution in [0.2, 0.25) is 0 Å². The Balaban J connectivity index is 1.84. The predicted molar refractivity (Wildman–Crippen MR) is 76.6 cm³/mol. The molecule has 2 fully saturated rings. The maximum atomic E-state index is 11.9. The number of hydrogen-bond acceptors (Lipinski definition) is 2. The lowest BCUT2D eigenvalue weighted by molar-refractivity contribution is 0.316. The van der Waals surface area contributed by atoms with E-state index < -0.39 is 0 Å². The normalized spacial score (nSPS) is 22.5. The lowest BCUT2D eigenvalue weighted by Gasteiger charge is -2.24. The van der Waals surface area contributed by atoms with Crippen LogP contribution in [0, 0.1) is 0 Å². The molecule has 0 aromatic carbocycles. The smallest absolute Gasteiger partial charge is 0.185 e. The molecule has 2 aliphatic carbocycles. The van der Waals surface area contributed by atoms with Gasteiger partial charge in [-0.2, -0.15) is 0 Å². The van der Waals surface area contributed by atoms with Crippen molar-refractivity contribution in [3.63, 3.8) is 0 Å². The van der Waals surface area contributed by atoms with Crippen LogP contribution < -0.4 is 5.43 Å². The van der Waals surface area contributed by atoms with Crippen molar-refractivity contribution in [3.05, 3.63) is 33.9 Å². The summed E-state index contributed by atoms with van der Waals surface area (Å²) >= 11 is 0. The molecule has 0 aliphatic heterocycles. The highest BCUT2D eigenvalue weighted by Crippen LogP contribution is 2.36. The average molecular weight is 260 g/mol. The van der Waals surface area contributed by atoms with Crippen LogP contribution in [0.3, 0.4) is 0 Å². The van der Waals surface area contributed by atoms with Crippen LogP contribution in [0.15, 0.2) is 21.3 Å². The molecule has 1 heterocycles. The summed E-state index contributed by atoms with van der Waals surface area (Å²) in [6.45, 7) is 0. The van der Waals surface area contributed by atoms with Gasteiger partial charge in [0.2, 0.25) is 0 Å². The molecule has 3 rings (SSSR count). The second-order valence-electron chi connectivity index (χ2n) is 6.27. The van der Waals surface area contributed by atoms with E-state index >= 15 is 0 Å². The summed E-state index contributed by atoms with van der Waals surface area (Å²) in [5, 5.41) is 0. The third-order valence-electron chi connectivity index (χ3n) is 4.82. The SMILES string of the molecule is O=c1cc(C2CCCCC2)oc(C2CCCCC2)c1. The van der Waals surface area contributed by atoms with Crippen molar-refractivity contribution >= 4 is 0 Å². The van der Waals surface area contributed by atoms with Crippen molar-refractivity contribution in [2.24, 2.45) is 0 Å².